The van der Waals surface area contributed by atoms with Crippen LogP contribution in [0.15, 0.2) is 5.18 Å². The van der Waals surface area contributed by atoms with E-state index in [0.29, 0.717) is 5.91 Å². The maximum Gasteiger partial charge on any atom is 0.225 e. The molecule has 0 N–H and O–H groups in total. The van der Waals surface area contributed by atoms with Gasteiger partial charge in [0.05, 0.1) is 0 Å². The lowest BCUT2D eigenvalue weighted by Crippen LogP contribution is -2.50. The van der Waals surface area contributed by atoms with Crippen LogP contribution >= 0.6 is 0 Å². The summed E-state index contributed by atoms with van der Waals surface area (Å²) in [6.45, 7) is 3.33. The Morgan fingerprint density at radius 1 is 1.12 bits per heavy atom. The second-order valence-electron chi connectivity index (χ2n) is 4.70. The van der Waals surface area contributed by atoms with Crippen LogP contribution in [-0.4, -0.2) is 48.6 Å². The average molecular weight is 225 g/mol. The summed E-state index contributed by atoms with van der Waals surface area (Å²) in [5.41, 5.74) is 0. The highest BCUT2D eigenvalue weighted by molar-refractivity contribution is 5.79. The molecule has 2 rings (SSSR count). The Morgan fingerprint density at radius 3 is 2.31 bits per heavy atom. The molecule has 1 saturated heterocycles. The van der Waals surface area contributed by atoms with E-state index in [0.717, 1.165) is 39.0 Å². The quantitative estimate of drug-likeness (QED) is 0.674. The first-order valence-electron chi connectivity index (χ1n) is 6.11. The van der Waals surface area contributed by atoms with Gasteiger partial charge >= 0.3 is 0 Å². The van der Waals surface area contributed by atoms with E-state index >= 15 is 0 Å². The zero-order valence-corrected chi connectivity index (χ0v) is 9.60. The lowest BCUT2D eigenvalue weighted by molar-refractivity contribution is -0.137. The van der Waals surface area contributed by atoms with Gasteiger partial charge in [-0.05, 0) is 12.8 Å². The highest BCUT2D eigenvalue weighted by Crippen LogP contribution is 2.26. The first-order chi connectivity index (χ1) is 7.81. The Labute approximate surface area is 95.8 Å². The van der Waals surface area contributed by atoms with Gasteiger partial charge in [0.1, 0.15) is 6.67 Å². The Kier molecular flexibility index (Phi) is 3.88. The summed E-state index contributed by atoms with van der Waals surface area (Å²) in [6.07, 6.45) is 4.53. The largest absolute Gasteiger partial charge is 0.340 e. The molecule has 5 heteroatoms. The molecule has 2 fully saturated rings. The molecule has 1 saturated carbocycles. The number of hydrogen-bond donors (Lipinski definition) is 0. The third kappa shape index (κ3) is 2.58. The highest BCUT2D eigenvalue weighted by atomic mass is 16.3. The van der Waals surface area contributed by atoms with Gasteiger partial charge in [-0.25, -0.2) is 0 Å². The third-order valence-electron chi connectivity index (χ3n) is 3.65. The molecular formula is C11H19N3O2. The van der Waals surface area contributed by atoms with Crippen molar-refractivity contribution in [3.05, 3.63) is 4.91 Å². The van der Waals surface area contributed by atoms with Crippen molar-refractivity contribution in [3.63, 3.8) is 0 Å². The van der Waals surface area contributed by atoms with E-state index < -0.39 is 0 Å². The summed E-state index contributed by atoms with van der Waals surface area (Å²) in [6, 6.07) is 0. The van der Waals surface area contributed by atoms with Crippen molar-refractivity contribution in [2.75, 3.05) is 32.8 Å². The molecule has 1 aliphatic heterocycles. The van der Waals surface area contributed by atoms with Crippen molar-refractivity contribution < 1.29 is 4.79 Å². The monoisotopic (exact) mass is 225 g/mol. The molecule has 1 amide bonds. The number of hydrogen-bond acceptors (Lipinski definition) is 4. The SMILES string of the molecule is O=NCN1CCN(C(=O)C2CCCC2)CC1. The molecule has 0 unspecified atom stereocenters. The Hall–Kier alpha value is -0.970. The predicted octanol–water partition coefficient (Wildman–Crippen LogP) is 1.04. The number of nitrogens with zero attached hydrogens (tertiary/aromatic N) is 3. The molecule has 0 atom stereocenters. The second kappa shape index (κ2) is 5.39. The predicted molar refractivity (Wildman–Crippen MR) is 60.8 cm³/mol. The van der Waals surface area contributed by atoms with Gasteiger partial charge in [-0.1, -0.05) is 18.0 Å². The van der Waals surface area contributed by atoms with Gasteiger partial charge in [0, 0.05) is 32.1 Å². The number of carbonyl (C=O) groups excluding carboxylic acids is 1. The fraction of sp³-hybridized carbons (Fsp3) is 0.909. The Morgan fingerprint density at radius 2 is 1.75 bits per heavy atom. The van der Waals surface area contributed by atoms with Crippen LogP contribution in [0.25, 0.3) is 0 Å². The van der Waals surface area contributed by atoms with Gasteiger partial charge in [0.25, 0.3) is 0 Å². The topological polar surface area (TPSA) is 53.0 Å². The van der Waals surface area contributed by atoms with Crippen molar-refractivity contribution in [1.82, 2.24) is 9.80 Å². The van der Waals surface area contributed by atoms with Crippen LogP contribution in [-0.2, 0) is 4.79 Å². The minimum absolute atomic E-state index is 0.255. The van der Waals surface area contributed by atoms with E-state index in [4.69, 9.17) is 0 Å². The van der Waals surface area contributed by atoms with Crippen LogP contribution < -0.4 is 0 Å². The summed E-state index contributed by atoms with van der Waals surface area (Å²) in [5.74, 6) is 0.604. The van der Waals surface area contributed by atoms with Gasteiger partial charge in [-0.15, -0.1) is 4.91 Å². The normalized spacial score (nSPS) is 23.6. The van der Waals surface area contributed by atoms with Crippen LogP contribution in [0.5, 0.6) is 0 Å². The summed E-state index contributed by atoms with van der Waals surface area (Å²) in [5, 5.41) is 2.88. The standard InChI is InChI=1S/C11H19N3O2/c15-11(10-3-1-2-4-10)14-7-5-13(6-8-14)9-12-16/h10H,1-9H2. The minimum atomic E-state index is 0.255. The lowest BCUT2D eigenvalue weighted by Gasteiger charge is -2.34. The number of carbonyl (C=O) groups is 1. The van der Waals surface area contributed by atoms with Gasteiger partial charge in [-0.3, -0.25) is 9.69 Å². The zero-order chi connectivity index (χ0) is 11.4. The van der Waals surface area contributed by atoms with Crippen LogP contribution in [0.2, 0.25) is 0 Å². The molecule has 1 aliphatic carbocycles. The van der Waals surface area contributed by atoms with E-state index in [1.807, 2.05) is 9.80 Å². The Bertz CT molecular complexity index is 256. The van der Waals surface area contributed by atoms with E-state index in [-0.39, 0.29) is 12.6 Å². The van der Waals surface area contributed by atoms with Crippen LogP contribution in [0, 0.1) is 10.8 Å². The van der Waals surface area contributed by atoms with Gasteiger partial charge in [0.15, 0.2) is 0 Å². The molecule has 0 aromatic carbocycles. The fourth-order valence-electron chi connectivity index (χ4n) is 2.62. The van der Waals surface area contributed by atoms with Crippen LogP contribution in [0.4, 0.5) is 0 Å². The van der Waals surface area contributed by atoms with Crippen molar-refractivity contribution >= 4 is 5.91 Å². The number of nitroso groups, excluding NO2 is 1. The van der Waals surface area contributed by atoms with E-state index in [2.05, 4.69) is 5.18 Å². The smallest absolute Gasteiger partial charge is 0.225 e. The summed E-state index contributed by atoms with van der Waals surface area (Å²) >= 11 is 0. The molecule has 2 aliphatic rings. The zero-order valence-electron chi connectivity index (χ0n) is 9.60. The van der Waals surface area contributed by atoms with Crippen molar-refractivity contribution in [2.45, 2.75) is 25.7 Å². The number of rotatable bonds is 3. The number of amides is 1. The summed E-state index contributed by atoms with van der Waals surface area (Å²) in [7, 11) is 0. The molecule has 5 nitrogen and oxygen atoms in total. The Balaban J connectivity index is 1.79. The second-order valence-corrected chi connectivity index (χ2v) is 4.70. The molecule has 0 aromatic heterocycles. The average Bonchev–Trinajstić information content (AvgIpc) is 2.83. The third-order valence-corrected chi connectivity index (χ3v) is 3.65. The van der Waals surface area contributed by atoms with Crippen LogP contribution in [0.3, 0.4) is 0 Å². The molecule has 0 bridgehead atoms. The summed E-state index contributed by atoms with van der Waals surface area (Å²) in [4.78, 5) is 26.2. The maximum absolute atomic E-state index is 12.1. The van der Waals surface area contributed by atoms with E-state index in [1.54, 1.807) is 0 Å². The van der Waals surface area contributed by atoms with Crippen molar-refractivity contribution in [1.29, 1.82) is 0 Å². The van der Waals surface area contributed by atoms with Gasteiger partial charge < -0.3 is 4.90 Å². The molecule has 0 aromatic rings. The molecular weight excluding hydrogens is 206 g/mol. The lowest BCUT2D eigenvalue weighted by atomic mass is 10.1. The van der Waals surface area contributed by atoms with Crippen molar-refractivity contribution in [2.24, 2.45) is 11.1 Å². The first-order valence-corrected chi connectivity index (χ1v) is 6.11. The van der Waals surface area contributed by atoms with Gasteiger partial charge in [0.2, 0.25) is 5.91 Å². The minimum Gasteiger partial charge on any atom is -0.340 e. The molecule has 1 heterocycles. The van der Waals surface area contributed by atoms with Crippen LogP contribution in [0.1, 0.15) is 25.7 Å². The fourth-order valence-corrected chi connectivity index (χ4v) is 2.62. The molecule has 90 valence electrons. The highest BCUT2D eigenvalue weighted by Gasteiger charge is 2.29. The van der Waals surface area contributed by atoms with E-state index in [1.165, 1.54) is 12.8 Å². The first kappa shape index (κ1) is 11.5. The van der Waals surface area contributed by atoms with E-state index in [9.17, 15) is 9.70 Å². The number of piperazine rings is 1. The molecule has 16 heavy (non-hydrogen) atoms. The molecule has 0 radical (unpaired) electrons. The van der Waals surface area contributed by atoms with Gasteiger partial charge in [-0.2, -0.15) is 0 Å². The van der Waals surface area contributed by atoms with Crippen molar-refractivity contribution in [3.8, 4) is 0 Å². The molecule has 0 spiro atoms. The summed E-state index contributed by atoms with van der Waals surface area (Å²) < 4.78 is 0. The maximum atomic E-state index is 12.1.